The maximum absolute atomic E-state index is 4.93. The summed E-state index contributed by atoms with van der Waals surface area (Å²) in [5.41, 5.74) is 7.18. The number of rotatable bonds is 5. The minimum absolute atomic E-state index is 0.418. The van der Waals surface area contributed by atoms with Crippen LogP contribution >= 0.6 is 22.6 Å². The van der Waals surface area contributed by atoms with Crippen molar-refractivity contribution in [2.45, 2.75) is 10.8 Å². The molecular formula is C34H24IN5. The van der Waals surface area contributed by atoms with Crippen molar-refractivity contribution >= 4 is 44.5 Å². The van der Waals surface area contributed by atoms with Gasteiger partial charge in [-0.2, -0.15) is 0 Å². The zero-order valence-electron chi connectivity index (χ0n) is 21.7. The smallest absolute Gasteiger partial charge is 0.164 e. The van der Waals surface area contributed by atoms with Crippen molar-refractivity contribution in [1.29, 1.82) is 0 Å². The first-order chi connectivity index (χ1) is 19.7. The lowest BCUT2D eigenvalue weighted by molar-refractivity contribution is 1.07. The van der Waals surface area contributed by atoms with Crippen LogP contribution in [-0.2, 0) is 0 Å². The Labute approximate surface area is 245 Å². The van der Waals surface area contributed by atoms with E-state index < -0.39 is 0 Å². The highest BCUT2D eigenvalue weighted by molar-refractivity contribution is 14.1. The molecule has 0 N–H and O–H groups in total. The summed E-state index contributed by atoms with van der Waals surface area (Å²) in [5.74, 6) is 1.92. The summed E-state index contributed by atoms with van der Waals surface area (Å²) >= 11 is 2.47. The Balaban J connectivity index is 1.43. The lowest BCUT2D eigenvalue weighted by Crippen LogP contribution is -2.01. The standard InChI is InChI=1S/C34H24IN5/c1-22(35)25-17-18-30-29(21-25)28-16-9-19-36-34(28)40(30)27-15-8-14-26(20-27)33-38-31(23-10-4-2-5-11-23)37-32(39-33)24-12-6-3-7-13-24/h2-22H,1H3/t22-/m0/s1. The minimum atomic E-state index is 0.418. The van der Waals surface area contributed by atoms with Gasteiger partial charge in [0, 0.05) is 43.3 Å². The quantitative estimate of drug-likeness (QED) is 0.141. The number of hydrogen-bond donors (Lipinski definition) is 0. The Bertz CT molecular complexity index is 1920. The van der Waals surface area contributed by atoms with Gasteiger partial charge in [-0.3, -0.25) is 4.57 Å². The highest BCUT2D eigenvalue weighted by Crippen LogP contribution is 2.35. The molecule has 0 fully saturated rings. The van der Waals surface area contributed by atoms with E-state index in [-0.39, 0.29) is 0 Å². The molecule has 0 saturated carbocycles. The van der Waals surface area contributed by atoms with Crippen LogP contribution in [0.1, 0.15) is 16.4 Å². The van der Waals surface area contributed by atoms with Gasteiger partial charge in [0.05, 0.1) is 5.52 Å². The first-order valence-corrected chi connectivity index (χ1v) is 14.4. The molecule has 0 aliphatic heterocycles. The van der Waals surface area contributed by atoms with Crippen LogP contribution in [0.15, 0.2) is 121 Å². The van der Waals surface area contributed by atoms with Gasteiger partial charge in [-0.15, -0.1) is 0 Å². The third-order valence-corrected chi connectivity index (χ3v) is 7.79. The fraction of sp³-hybridized carbons (Fsp3) is 0.0588. The topological polar surface area (TPSA) is 56.5 Å². The summed E-state index contributed by atoms with van der Waals surface area (Å²) in [6.07, 6.45) is 1.85. The van der Waals surface area contributed by atoms with E-state index in [1.807, 2.05) is 72.9 Å². The second-order valence-electron chi connectivity index (χ2n) is 9.69. The van der Waals surface area contributed by atoms with Crippen LogP contribution in [0.25, 0.3) is 61.8 Å². The molecule has 4 aromatic carbocycles. The average molecular weight is 630 g/mol. The number of benzene rings is 4. The summed E-state index contributed by atoms with van der Waals surface area (Å²) < 4.78 is 2.65. The first kappa shape index (κ1) is 24.6. The summed E-state index contributed by atoms with van der Waals surface area (Å²) in [4.78, 5) is 19.5. The number of nitrogens with zero attached hydrogens (tertiary/aromatic N) is 5. The fourth-order valence-corrected chi connectivity index (χ4v) is 5.48. The molecular weight excluding hydrogens is 605 g/mol. The number of aromatic nitrogens is 5. The van der Waals surface area contributed by atoms with Crippen LogP contribution in [0.4, 0.5) is 0 Å². The highest BCUT2D eigenvalue weighted by atomic mass is 127. The molecule has 7 rings (SSSR count). The van der Waals surface area contributed by atoms with Crippen molar-refractivity contribution < 1.29 is 0 Å². The molecule has 6 heteroatoms. The van der Waals surface area contributed by atoms with E-state index in [1.54, 1.807) is 0 Å². The van der Waals surface area contributed by atoms with Gasteiger partial charge in [0.1, 0.15) is 5.65 Å². The van der Waals surface area contributed by atoms with Crippen LogP contribution in [-0.4, -0.2) is 24.5 Å². The molecule has 3 heterocycles. The second-order valence-corrected chi connectivity index (χ2v) is 11.6. The van der Waals surface area contributed by atoms with E-state index in [0.29, 0.717) is 21.4 Å². The monoisotopic (exact) mass is 629 g/mol. The maximum atomic E-state index is 4.93. The molecule has 192 valence electrons. The molecule has 1 atom stereocenters. The van der Waals surface area contributed by atoms with Gasteiger partial charge in [0.25, 0.3) is 0 Å². The number of pyridine rings is 1. The lowest BCUT2D eigenvalue weighted by atomic mass is 10.1. The highest BCUT2D eigenvalue weighted by Gasteiger charge is 2.17. The number of fused-ring (bicyclic) bond motifs is 3. The predicted molar refractivity (Wildman–Crippen MR) is 171 cm³/mol. The molecule has 5 nitrogen and oxygen atoms in total. The van der Waals surface area contributed by atoms with Gasteiger partial charge in [-0.05, 0) is 48.9 Å². The van der Waals surface area contributed by atoms with Crippen molar-refractivity contribution in [1.82, 2.24) is 24.5 Å². The van der Waals surface area contributed by atoms with Gasteiger partial charge in [0.2, 0.25) is 0 Å². The van der Waals surface area contributed by atoms with Gasteiger partial charge in [-0.1, -0.05) is 101 Å². The number of hydrogen-bond acceptors (Lipinski definition) is 4. The predicted octanol–water partition coefficient (Wildman–Crippen LogP) is 8.86. The Hall–Kier alpha value is -4.43. The summed E-state index contributed by atoms with van der Waals surface area (Å²) in [7, 11) is 0. The second kappa shape index (κ2) is 10.3. The Morgan fingerprint density at radius 3 is 1.88 bits per heavy atom. The maximum Gasteiger partial charge on any atom is 0.164 e. The van der Waals surface area contributed by atoms with E-state index in [2.05, 4.69) is 82.6 Å². The lowest BCUT2D eigenvalue weighted by Gasteiger charge is -2.11. The average Bonchev–Trinajstić information content (AvgIpc) is 3.35. The largest absolute Gasteiger partial charge is 0.294 e. The Morgan fingerprint density at radius 2 is 1.23 bits per heavy atom. The van der Waals surface area contributed by atoms with Crippen LogP contribution in [0.2, 0.25) is 0 Å². The van der Waals surface area contributed by atoms with Crippen LogP contribution in [0.3, 0.4) is 0 Å². The molecule has 0 aliphatic carbocycles. The number of halogens is 1. The molecule has 0 radical (unpaired) electrons. The molecule has 0 saturated heterocycles. The molecule has 0 bridgehead atoms. The van der Waals surface area contributed by atoms with Crippen molar-refractivity contribution in [3.05, 3.63) is 127 Å². The molecule has 0 aliphatic rings. The summed E-state index contributed by atoms with van der Waals surface area (Å²) in [6, 6.07) is 39.3. The Kier molecular flexibility index (Phi) is 6.32. The zero-order valence-corrected chi connectivity index (χ0v) is 23.9. The van der Waals surface area contributed by atoms with Crippen LogP contribution < -0.4 is 0 Å². The molecule has 0 amide bonds. The number of alkyl halides is 1. The van der Waals surface area contributed by atoms with E-state index in [4.69, 9.17) is 19.9 Å². The van der Waals surface area contributed by atoms with Gasteiger partial charge in [-0.25, -0.2) is 19.9 Å². The van der Waals surface area contributed by atoms with E-state index in [9.17, 15) is 0 Å². The molecule has 40 heavy (non-hydrogen) atoms. The van der Waals surface area contributed by atoms with E-state index >= 15 is 0 Å². The summed E-state index contributed by atoms with van der Waals surface area (Å²) in [5, 5.41) is 2.34. The molecule has 0 unspecified atom stereocenters. The third kappa shape index (κ3) is 4.44. The van der Waals surface area contributed by atoms with Gasteiger partial charge >= 0.3 is 0 Å². The Morgan fingerprint density at radius 1 is 0.600 bits per heavy atom. The van der Waals surface area contributed by atoms with Crippen LogP contribution in [0, 0.1) is 0 Å². The molecule has 0 spiro atoms. The normalized spacial score (nSPS) is 12.2. The van der Waals surface area contributed by atoms with E-state index in [1.165, 1.54) is 10.9 Å². The summed E-state index contributed by atoms with van der Waals surface area (Å²) in [6.45, 7) is 2.21. The first-order valence-electron chi connectivity index (χ1n) is 13.2. The van der Waals surface area contributed by atoms with Crippen molar-refractivity contribution in [3.63, 3.8) is 0 Å². The van der Waals surface area contributed by atoms with Crippen molar-refractivity contribution in [3.8, 4) is 39.9 Å². The fourth-order valence-electron chi connectivity index (χ4n) is 5.09. The zero-order chi connectivity index (χ0) is 27.1. The molecule has 3 aromatic heterocycles. The van der Waals surface area contributed by atoms with Gasteiger partial charge < -0.3 is 0 Å². The van der Waals surface area contributed by atoms with Crippen molar-refractivity contribution in [2.75, 3.05) is 0 Å². The SMILES string of the molecule is C[C@H](I)c1ccc2c(c1)c1cccnc1n2-c1cccc(-c2nc(-c3ccccc3)nc(-c3ccccc3)n2)c1. The minimum Gasteiger partial charge on any atom is -0.294 e. The van der Waals surface area contributed by atoms with Crippen LogP contribution in [0.5, 0.6) is 0 Å². The third-order valence-electron chi connectivity index (χ3n) is 7.07. The van der Waals surface area contributed by atoms with Gasteiger partial charge in [0.15, 0.2) is 17.5 Å². The van der Waals surface area contributed by atoms with Crippen molar-refractivity contribution in [2.24, 2.45) is 0 Å². The molecule has 7 aromatic rings. The van der Waals surface area contributed by atoms with E-state index in [0.717, 1.165) is 38.9 Å².